The van der Waals surface area contributed by atoms with Crippen molar-refractivity contribution in [3.63, 3.8) is 0 Å². The number of H-pyrrole nitrogens is 1. The van der Waals surface area contributed by atoms with Gasteiger partial charge >= 0.3 is 0 Å². The maximum absolute atomic E-state index is 10.9. The molecule has 0 aliphatic rings. The summed E-state index contributed by atoms with van der Waals surface area (Å²) in [6, 6.07) is 5.43. The highest BCUT2D eigenvalue weighted by molar-refractivity contribution is 5.94. The molecule has 2 aromatic rings. The van der Waals surface area contributed by atoms with Gasteiger partial charge in [-0.05, 0) is 18.2 Å². The van der Waals surface area contributed by atoms with Crippen LogP contribution in [0, 0.1) is 0 Å². The number of carbonyl (C=O) groups excluding carboxylic acids is 1. The molecule has 0 aromatic carbocycles. The van der Waals surface area contributed by atoms with Gasteiger partial charge in [0.25, 0.3) is 0 Å². The normalized spacial score (nSPS) is 10.4. The van der Waals surface area contributed by atoms with Gasteiger partial charge in [0.2, 0.25) is 0 Å². The third kappa shape index (κ3) is 0.993. The quantitative estimate of drug-likeness (QED) is 0.646. The highest BCUT2D eigenvalue weighted by Crippen LogP contribution is 2.09. The van der Waals surface area contributed by atoms with Crippen LogP contribution in [-0.2, 0) is 0 Å². The van der Waals surface area contributed by atoms with Crippen LogP contribution in [0.5, 0.6) is 0 Å². The Kier molecular flexibility index (Phi) is 1.43. The number of Topliss-reactive ketones (excluding diaryl/α,β-unsaturated/α-hetero) is 1. The number of aromatic amines is 1. The summed E-state index contributed by atoms with van der Waals surface area (Å²) >= 11 is 0. The van der Waals surface area contributed by atoms with Crippen LogP contribution in [0.25, 0.3) is 11.0 Å². The third-order valence-electron chi connectivity index (χ3n) is 1.77. The molecule has 12 heavy (non-hydrogen) atoms. The Morgan fingerprint density at radius 1 is 1.42 bits per heavy atom. The molecule has 0 aliphatic carbocycles. The molecule has 0 spiro atoms. The summed E-state index contributed by atoms with van der Waals surface area (Å²) < 4.78 is 0. The predicted octanol–water partition coefficient (Wildman–Crippen LogP) is 1.77. The van der Waals surface area contributed by atoms with Crippen LogP contribution in [0.1, 0.15) is 17.4 Å². The lowest BCUT2D eigenvalue weighted by Crippen LogP contribution is -1.95. The molecule has 0 unspecified atom stereocenters. The number of pyridine rings is 1. The van der Waals surface area contributed by atoms with Crippen molar-refractivity contribution in [3.8, 4) is 0 Å². The zero-order valence-electron chi connectivity index (χ0n) is 6.66. The van der Waals surface area contributed by atoms with Crippen molar-refractivity contribution in [3.05, 3.63) is 30.1 Å². The molecule has 0 saturated carbocycles. The third-order valence-corrected chi connectivity index (χ3v) is 1.77. The molecular weight excluding hydrogens is 152 g/mol. The van der Waals surface area contributed by atoms with Crippen molar-refractivity contribution in [2.24, 2.45) is 0 Å². The van der Waals surface area contributed by atoms with E-state index in [4.69, 9.17) is 0 Å². The van der Waals surface area contributed by atoms with Crippen LogP contribution in [0.4, 0.5) is 0 Å². The van der Waals surface area contributed by atoms with E-state index in [1.807, 2.05) is 18.3 Å². The number of nitrogens with zero attached hydrogens (tertiary/aromatic N) is 1. The number of rotatable bonds is 1. The van der Waals surface area contributed by atoms with Crippen LogP contribution in [0.2, 0.25) is 0 Å². The van der Waals surface area contributed by atoms with Crippen molar-refractivity contribution in [1.29, 1.82) is 0 Å². The van der Waals surface area contributed by atoms with Gasteiger partial charge in [0.05, 0.1) is 11.0 Å². The van der Waals surface area contributed by atoms with E-state index in [0.29, 0.717) is 5.69 Å². The second kappa shape index (κ2) is 2.44. The van der Waals surface area contributed by atoms with Gasteiger partial charge in [-0.2, -0.15) is 0 Å². The summed E-state index contributed by atoms with van der Waals surface area (Å²) in [4.78, 5) is 18.1. The van der Waals surface area contributed by atoms with Crippen LogP contribution < -0.4 is 0 Å². The summed E-state index contributed by atoms with van der Waals surface area (Å²) in [5.74, 6) is -0.00176. The fraction of sp³-hybridized carbons (Fsp3) is 0.111. The zero-order valence-corrected chi connectivity index (χ0v) is 6.66. The molecule has 3 heteroatoms. The number of ketones is 1. The Labute approximate surface area is 69.4 Å². The molecule has 1 N–H and O–H groups in total. The topological polar surface area (TPSA) is 45.8 Å². The molecule has 0 aliphatic heterocycles. The molecule has 2 heterocycles. The molecule has 0 saturated heterocycles. The van der Waals surface area contributed by atoms with Crippen molar-refractivity contribution in [2.45, 2.75) is 6.92 Å². The lowest BCUT2D eigenvalue weighted by Gasteiger charge is -1.93. The van der Waals surface area contributed by atoms with E-state index in [1.165, 1.54) is 6.92 Å². The van der Waals surface area contributed by atoms with Gasteiger partial charge in [0, 0.05) is 13.1 Å². The Bertz CT molecular complexity index is 431. The molecule has 0 fully saturated rings. The smallest absolute Gasteiger partial charge is 0.178 e. The number of aromatic nitrogens is 2. The lowest BCUT2D eigenvalue weighted by molar-refractivity contribution is 0.101. The second-order valence-electron chi connectivity index (χ2n) is 2.66. The molecular formula is C9H8N2O. The number of hydrogen-bond donors (Lipinski definition) is 1. The molecule has 2 rings (SSSR count). The van der Waals surface area contributed by atoms with Gasteiger partial charge in [0.1, 0.15) is 5.69 Å². The predicted molar refractivity (Wildman–Crippen MR) is 46.1 cm³/mol. The average Bonchev–Trinajstić information content (AvgIpc) is 2.49. The minimum atomic E-state index is -0.00176. The summed E-state index contributed by atoms with van der Waals surface area (Å²) in [5, 5.41) is 0. The first kappa shape index (κ1) is 7.03. The van der Waals surface area contributed by atoms with Crippen molar-refractivity contribution in [1.82, 2.24) is 9.97 Å². The van der Waals surface area contributed by atoms with Crippen molar-refractivity contribution < 1.29 is 4.79 Å². The van der Waals surface area contributed by atoms with E-state index in [0.717, 1.165) is 11.0 Å². The molecule has 60 valence electrons. The second-order valence-corrected chi connectivity index (χ2v) is 2.66. The van der Waals surface area contributed by atoms with E-state index in [1.54, 1.807) is 6.07 Å². The summed E-state index contributed by atoms with van der Waals surface area (Å²) in [5.41, 5.74) is 2.31. The van der Waals surface area contributed by atoms with Gasteiger partial charge in [-0.1, -0.05) is 0 Å². The number of hydrogen-bond acceptors (Lipinski definition) is 2. The Morgan fingerprint density at radius 3 is 3.00 bits per heavy atom. The lowest BCUT2D eigenvalue weighted by atomic mass is 10.2. The van der Waals surface area contributed by atoms with Crippen LogP contribution in [0.3, 0.4) is 0 Å². The standard InChI is InChI=1S/C9H8N2O/c1-6(12)7-2-3-8-9(11-7)4-5-10-8/h2-5,10H,1H3. The number of carbonyl (C=O) groups is 1. The monoisotopic (exact) mass is 160 g/mol. The molecule has 2 aromatic heterocycles. The fourth-order valence-corrected chi connectivity index (χ4v) is 1.13. The van der Waals surface area contributed by atoms with E-state index in [2.05, 4.69) is 9.97 Å². The molecule has 0 radical (unpaired) electrons. The summed E-state index contributed by atoms with van der Waals surface area (Å²) in [6.07, 6.45) is 1.81. The maximum atomic E-state index is 10.9. The van der Waals surface area contributed by atoms with Gasteiger partial charge < -0.3 is 4.98 Å². The highest BCUT2D eigenvalue weighted by atomic mass is 16.1. The van der Waals surface area contributed by atoms with E-state index in [-0.39, 0.29) is 5.78 Å². The minimum Gasteiger partial charge on any atom is -0.360 e. The van der Waals surface area contributed by atoms with Crippen LogP contribution in [0.15, 0.2) is 24.4 Å². The summed E-state index contributed by atoms with van der Waals surface area (Å²) in [7, 11) is 0. The van der Waals surface area contributed by atoms with Crippen molar-refractivity contribution >= 4 is 16.8 Å². The van der Waals surface area contributed by atoms with E-state index < -0.39 is 0 Å². The fourth-order valence-electron chi connectivity index (χ4n) is 1.13. The Morgan fingerprint density at radius 2 is 2.25 bits per heavy atom. The molecule has 3 nitrogen and oxygen atoms in total. The maximum Gasteiger partial charge on any atom is 0.178 e. The van der Waals surface area contributed by atoms with E-state index in [9.17, 15) is 4.79 Å². The first-order valence-corrected chi connectivity index (χ1v) is 3.72. The average molecular weight is 160 g/mol. The number of nitrogens with one attached hydrogen (secondary N) is 1. The van der Waals surface area contributed by atoms with Gasteiger partial charge in [-0.15, -0.1) is 0 Å². The minimum absolute atomic E-state index is 0.00176. The SMILES string of the molecule is CC(=O)c1ccc2[nH]ccc2n1. The largest absolute Gasteiger partial charge is 0.360 e. The van der Waals surface area contributed by atoms with Crippen LogP contribution >= 0.6 is 0 Å². The first-order valence-electron chi connectivity index (χ1n) is 3.72. The molecule has 0 amide bonds. The molecule has 0 atom stereocenters. The molecule has 0 bridgehead atoms. The first-order chi connectivity index (χ1) is 5.77. The van der Waals surface area contributed by atoms with Gasteiger partial charge in [-0.25, -0.2) is 4.98 Å². The number of fused-ring (bicyclic) bond motifs is 1. The van der Waals surface area contributed by atoms with Crippen molar-refractivity contribution in [2.75, 3.05) is 0 Å². The Balaban J connectivity index is 2.68. The summed E-state index contributed by atoms with van der Waals surface area (Å²) in [6.45, 7) is 1.51. The highest BCUT2D eigenvalue weighted by Gasteiger charge is 2.01. The zero-order chi connectivity index (χ0) is 8.55. The Hall–Kier alpha value is -1.64. The van der Waals surface area contributed by atoms with Gasteiger partial charge in [0.15, 0.2) is 5.78 Å². The van der Waals surface area contributed by atoms with E-state index >= 15 is 0 Å². The van der Waals surface area contributed by atoms with Gasteiger partial charge in [-0.3, -0.25) is 4.79 Å². The van der Waals surface area contributed by atoms with Crippen LogP contribution in [-0.4, -0.2) is 15.8 Å².